The van der Waals surface area contributed by atoms with Crippen LogP contribution >= 0.6 is 15.9 Å². The number of benzene rings is 1. The number of rotatable bonds is 3. The topological polar surface area (TPSA) is 17.1 Å². The van der Waals surface area contributed by atoms with E-state index in [1.807, 2.05) is 25.1 Å². The Balaban J connectivity index is 2.24. The molecule has 1 aliphatic carbocycles. The number of Topliss-reactive ketones (excluding diaryl/α,β-unsaturated/α-hetero) is 1. The lowest BCUT2D eigenvalue weighted by atomic mass is 10.0. The minimum atomic E-state index is 0.289. The fourth-order valence-electron chi connectivity index (χ4n) is 1.67. The Morgan fingerprint density at radius 3 is 2.79 bits per heavy atom. The van der Waals surface area contributed by atoms with Crippen molar-refractivity contribution in [2.45, 2.75) is 26.2 Å². The van der Waals surface area contributed by atoms with E-state index in [0.717, 1.165) is 22.0 Å². The predicted molar refractivity (Wildman–Crippen MR) is 60.6 cm³/mol. The van der Waals surface area contributed by atoms with Crippen LogP contribution in [-0.2, 0) is 0 Å². The Labute approximate surface area is 92.6 Å². The van der Waals surface area contributed by atoms with Crippen LogP contribution in [0, 0.1) is 12.8 Å². The van der Waals surface area contributed by atoms with E-state index < -0.39 is 0 Å². The monoisotopic (exact) mass is 252 g/mol. The lowest BCUT2D eigenvalue weighted by Gasteiger charge is -2.06. The minimum absolute atomic E-state index is 0.289. The molecule has 1 aliphatic rings. The molecule has 0 atom stereocenters. The van der Waals surface area contributed by atoms with Gasteiger partial charge in [-0.2, -0.15) is 0 Å². The number of hydrogen-bond acceptors (Lipinski definition) is 1. The van der Waals surface area contributed by atoms with Crippen LogP contribution in [0.15, 0.2) is 22.7 Å². The lowest BCUT2D eigenvalue weighted by molar-refractivity contribution is 0.0975. The van der Waals surface area contributed by atoms with E-state index in [9.17, 15) is 4.79 Å². The maximum atomic E-state index is 11.9. The molecule has 0 aromatic heterocycles. The van der Waals surface area contributed by atoms with Gasteiger partial charge in [-0.1, -0.05) is 28.1 Å². The van der Waals surface area contributed by atoms with E-state index in [4.69, 9.17) is 0 Å². The van der Waals surface area contributed by atoms with Gasteiger partial charge in [0, 0.05) is 16.5 Å². The smallest absolute Gasteiger partial charge is 0.164 e. The van der Waals surface area contributed by atoms with Gasteiger partial charge in [0.1, 0.15) is 0 Å². The van der Waals surface area contributed by atoms with E-state index in [1.54, 1.807) is 0 Å². The summed E-state index contributed by atoms with van der Waals surface area (Å²) in [5, 5.41) is 0. The van der Waals surface area contributed by atoms with Crippen molar-refractivity contribution in [1.29, 1.82) is 0 Å². The van der Waals surface area contributed by atoms with Crippen molar-refractivity contribution in [2.24, 2.45) is 5.92 Å². The molecule has 0 amide bonds. The Kier molecular flexibility index (Phi) is 2.73. The molecule has 0 heterocycles. The van der Waals surface area contributed by atoms with Crippen LogP contribution in [0.5, 0.6) is 0 Å². The van der Waals surface area contributed by atoms with Gasteiger partial charge in [0.15, 0.2) is 5.78 Å². The highest BCUT2D eigenvalue weighted by Crippen LogP contribution is 2.34. The largest absolute Gasteiger partial charge is 0.294 e. The van der Waals surface area contributed by atoms with Crippen molar-refractivity contribution in [2.75, 3.05) is 0 Å². The summed E-state index contributed by atoms with van der Waals surface area (Å²) in [6, 6.07) is 5.89. The molecule has 1 nitrogen and oxygen atoms in total. The molecule has 0 aliphatic heterocycles. The Hall–Kier alpha value is -0.630. The van der Waals surface area contributed by atoms with Gasteiger partial charge in [-0.15, -0.1) is 0 Å². The van der Waals surface area contributed by atoms with Crippen LogP contribution in [-0.4, -0.2) is 5.78 Å². The molecule has 0 spiro atoms. The first-order chi connectivity index (χ1) is 6.68. The zero-order chi connectivity index (χ0) is 10.1. The Morgan fingerprint density at radius 1 is 1.50 bits per heavy atom. The molecule has 0 saturated heterocycles. The summed E-state index contributed by atoms with van der Waals surface area (Å²) >= 11 is 3.44. The second-order valence-corrected chi connectivity index (χ2v) is 4.86. The molecule has 1 saturated carbocycles. The molecule has 14 heavy (non-hydrogen) atoms. The molecule has 0 N–H and O–H groups in total. The third-order valence-electron chi connectivity index (χ3n) is 2.67. The highest BCUT2D eigenvalue weighted by molar-refractivity contribution is 9.10. The zero-order valence-electron chi connectivity index (χ0n) is 8.22. The van der Waals surface area contributed by atoms with Crippen molar-refractivity contribution >= 4 is 21.7 Å². The zero-order valence-corrected chi connectivity index (χ0v) is 9.80. The first-order valence-electron chi connectivity index (χ1n) is 4.97. The summed E-state index contributed by atoms with van der Waals surface area (Å²) < 4.78 is 0.933. The number of halogens is 1. The molecule has 1 aromatic carbocycles. The molecule has 0 unspecified atom stereocenters. The number of carbonyl (C=O) groups is 1. The van der Waals surface area contributed by atoms with E-state index in [2.05, 4.69) is 15.9 Å². The van der Waals surface area contributed by atoms with E-state index >= 15 is 0 Å². The molecule has 2 rings (SSSR count). The molecule has 2 heteroatoms. The number of carbonyl (C=O) groups excluding carboxylic acids is 1. The summed E-state index contributed by atoms with van der Waals surface area (Å²) in [6.45, 7) is 1.99. The fraction of sp³-hybridized carbons (Fsp3) is 0.417. The highest BCUT2D eigenvalue weighted by atomic mass is 79.9. The van der Waals surface area contributed by atoms with Crippen LogP contribution in [0.2, 0.25) is 0 Å². The van der Waals surface area contributed by atoms with E-state index in [-0.39, 0.29) is 5.78 Å². The molecule has 1 aromatic rings. The van der Waals surface area contributed by atoms with E-state index in [1.165, 1.54) is 12.8 Å². The quantitative estimate of drug-likeness (QED) is 0.750. The highest BCUT2D eigenvalue weighted by Gasteiger charge is 2.26. The predicted octanol–water partition coefficient (Wildman–Crippen LogP) is 3.74. The van der Waals surface area contributed by atoms with Crippen molar-refractivity contribution < 1.29 is 4.79 Å². The van der Waals surface area contributed by atoms with Gasteiger partial charge in [-0.25, -0.2) is 0 Å². The van der Waals surface area contributed by atoms with Crippen molar-refractivity contribution in [3.8, 4) is 0 Å². The average Bonchev–Trinajstić information content (AvgIpc) is 2.87. The van der Waals surface area contributed by atoms with Crippen molar-refractivity contribution in [3.05, 3.63) is 33.8 Å². The van der Waals surface area contributed by atoms with Gasteiger partial charge in [0.2, 0.25) is 0 Å². The third-order valence-corrected chi connectivity index (χ3v) is 3.33. The first-order valence-corrected chi connectivity index (χ1v) is 5.76. The summed E-state index contributed by atoms with van der Waals surface area (Å²) in [5.41, 5.74) is 1.95. The first kappa shape index (κ1) is 9.91. The molecule has 1 fully saturated rings. The van der Waals surface area contributed by atoms with Gasteiger partial charge in [0.05, 0.1) is 0 Å². The molecular weight excluding hydrogens is 240 g/mol. The van der Waals surface area contributed by atoms with Gasteiger partial charge < -0.3 is 0 Å². The van der Waals surface area contributed by atoms with Crippen LogP contribution < -0.4 is 0 Å². The van der Waals surface area contributed by atoms with Gasteiger partial charge in [-0.3, -0.25) is 4.79 Å². The average molecular weight is 253 g/mol. The SMILES string of the molecule is Cc1cccc(Br)c1C(=O)CC1CC1. The van der Waals surface area contributed by atoms with Crippen LogP contribution in [0.4, 0.5) is 0 Å². The van der Waals surface area contributed by atoms with Crippen molar-refractivity contribution in [3.63, 3.8) is 0 Å². The van der Waals surface area contributed by atoms with E-state index in [0.29, 0.717) is 5.92 Å². The second kappa shape index (κ2) is 3.85. The molecule has 74 valence electrons. The summed E-state index contributed by atoms with van der Waals surface area (Å²) in [4.78, 5) is 11.9. The van der Waals surface area contributed by atoms with Crippen LogP contribution in [0.3, 0.4) is 0 Å². The second-order valence-electron chi connectivity index (χ2n) is 4.00. The molecule has 0 radical (unpaired) electrons. The van der Waals surface area contributed by atoms with Crippen LogP contribution in [0.1, 0.15) is 35.2 Å². The van der Waals surface area contributed by atoms with Gasteiger partial charge >= 0.3 is 0 Å². The molecular formula is C12H13BrO. The maximum Gasteiger partial charge on any atom is 0.164 e. The Morgan fingerprint density at radius 2 is 2.21 bits per heavy atom. The van der Waals surface area contributed by atoms with Crippen molar-refractivity contribution in [1.82, 2.24) is 0 Å². The maximum absolute atomic E-state index is 11.9. The lowest BCUT2D eigenvalue weighted by Crippen LogP contribution is -2.03. The van der Waals surface area contributed by atoms with Crippen LogP contribution in [0.25, 0.3) is 0 Å². The minimum Gasteiger partial charge on any atom is -0.294 e. The molecule has 0 bridgehead atoms. The Bertz CT molecular complexity index is 346. The summed E-state index contributed by atoms with van der Waals surface area (Å²) in [6.07, 6.45) is 3.19. The summed E-state index contributed by atoms with van der Waals surface area (Å²) in [5.74, 6) is 0.950. The number of ketones is 1. The number of aryl methyl sites for hydroxylation is 1. The van der Waals surface area contributed by atoms with Gasteiger partial charge in [0.25, 0.3) is 0 Å². The normalized spacial score (nSPS) is 15.6. The fourth-order valence-corrected chi connectivity index (χ4v) is 2.36. The summed E-state index contributed by atoms with van der Waals surface area (Å²) in [7, 11) is 0. The van der Waals surface area contributed by atoms with Gasteiger partial charge in [-0.05, 0) is 37.3 Å². The third kappa shape index (κ3) is 2.06. The standard InChI is InChI=1S/C12H13BrO/c1-8-3-2-4-10(13)12(8)11(14)7-9-5-6-9/h2-4,9H,5-7H2,1H3. The number of hydrogen-bond donors (Lipinski definition) is 0.